The number of carbonyl (C=O) groups excluding carboxylic acids is 1. The van der Waals surface area contributed by atoms with Crippen LogP contribution in [0.1, 0.15) is 25.7 Å². The van der Waals surface area contributed by atoms with Gasteiger partial charge in [0.25, 0.3) is 0 Å². The van der Waals surface area contributed by atoms with Crippen molar-refractivity contribution in [2.24, 2.45) is 0 Å². The number of likely N-dealkylation sites (tertiary alicyclic amines) is 1. The van der Waals surface area contributed by atoms with Crippen molar-refractivity contribution in [2.45, 2.75) is 25.7 Å². The Labute approximate surface area is 125 Å². The van der Waals surface area contributed by atoms with E-state index in [1.54, 1.807) is 0 Å². The van der Waals surface area contributed by atoms with E-state index in [1.807, 2.05) is 35.2 Å². The van der Waals surface area contributed by atoms with Crippen molar-refractivity contribution in [1.29, 1.82) is 0 Å². The van der Waals surface area contributed by atoms with E-state index < -0.39 is 0 Å². The minimum Gasteiger partial charge on any atom is -0.362 e. The Morgan fingerprint density at radius 3 is 2.55 bits per heavy atom. The minimum atomic E-state index is 0.222. The fourth-order valence-electron chi connectivity index (χ4n) is 2.28. The van der Waals surface area contributed by atoms with Crippen molar-refractivity contribution in [2.75, 3.05) is 25.0 Å². The third-order valence-corrected chi connectivity index (χ3v) is 3.61. The number of para-hydroxylation sites is 1. The third kappa shape index (κ3) is 4.81. The smallest absolute Gasteiger partial charge is 0.224 e. The summed E-state index contributed by atoms with van der Waals surface area (Å²) in [5.41, 5.74) is 0.951. The van der Waals surface area contributed by atoms with Gasteiger partial charge in [0.05, 0.1) is 0 Å². The molecular weight excluding hydrogens is 270 g/mol. The molecular formula is C15H21N3OS. The summed E-state index contributed by atoms with van der Waals surface area (Å²) in [5, 5.41) is 6.72. The summed E-state index contributed by atoms with van der Waals surface area (Å²) >= 11 is 5.20. The summed E-state index contributed by atoms with van der Waals surface area (Å²) in [6.45, 7) is 2.39. The number of rotatable bonds is 4. The highest BCUT2D eigenvalue weighted by Gasteiger charge is 2.15. The molecule has 4 nitrogen and oxygen atoms in total. The molecule has 0 radical (unpaired) electrons. The van der Waals surface area contributed by atoms with Gasteiger partial charge >= 0.3 is 0 Å². The Kier molecular flexibility index (Phi) is 5.80. The van der Waals surface area contributed by atoms with Crippen molar-refractivity contribution < 1.29 is 4.79 Å². The molecule has 1 aliphatic heterocycles. The molecule has 0 unspecified atom stereocenters. The quantitative estimate of drug-likeness (QED) is 0.836. The number of benzene rings is 1. The van der Waals surface area contributed by atoms with E-state index >= 15 is 0 Å². The summed E-state index contributed by atoms with van der Waals surface area (Å²) in [6.07, 6.45) is 4.00. The van der Waals surface area contributed by atoms with Crippen LogP contribution in [0.4, 0.5) is 5.69 Å². The standard InChI is InChI=1S/C15H21N3OS/c19-14(18-11-5-2-6-12-18)9-10-16-15(20)17-13-7-3-1-4-8-13/h1,3-4,7-8H,2,5-6,9-12H2,(H2,16,17,20). The first-order chi connectivity index (χ1) is 9.75. The highest BCUT2D eigenvalue weighted by atomic mass is 32.1. The first kappa shape index (κ1) is 14.8. The van der Waals surface area contributed by atoms with Gasteiger partial charge in [-0.25, -0.2) is 0 Å². The molecule has 1 saturated heterocycles. The first-order valence-electron chi connectivity index (χ1n) is 7.13. The van der Waals surface area contributed by atoms with E-state index in [0.717, 1.165) is 31.6 Å². The van der Waals surface area contributed by atoms with E-state index in [0.29, 0.717) is 18.1 Å². The number of nitrogens with zero attached hydrogens (tertiary/aromatic N) is 1. The van der Waals surface area contributed by atoms with Crippen LogP contribution in [0.25, 0.3) is 0 Å². The van der Waals surface area contributed by atoms with Crippen LogP contribution in [0.2, 0.25) is 0 Å². The number of anilines is 1. The number of hydrogen-bond acceptors (Lipinski definition) is 2. The molecule has 0 spiro atoms. The number of nitrogens with one attached hydrogen (secondary N) is 2. The average Bonchev–Trinajstić information content (AvgIpc) is 2.49. The molecule has 0 aliphatic carbocycles. The Balaban J connectivity index is 1.65. The minimum absolute atomic E-state index is 0.222. The van der Waals surface area contributed by atoms with E-state index in [-0.39, 0.29) is 5.91 Å². The molecule has 2 rings (SSSR count). The summed E-state index contributed by atoms with van der Waals surface area (Å²) in [6, 6.07) is 9.76. The Bertz CT molecular complexity index is 444. The Morgan fingerprint density at radius 1 is 1.15 bits per heavy atom. The van der Waals surface area contributed by atoms with Crippen molar-refractivity contribution in [3.8, 4) is 0 Å². The van der Waals surface area contributed by atoms with Crippen molar-refractivity contribution in [1.82, 2.24) is 10.2 Å². The maximum atomic E-state index is 12.0. The molecule has 108 valence electrons. The van der Waals surface area contributed by atoms with Crippen LogP contribution in [-0.2, 0) is 4.79 Å². The number of amides is 1. The van der Waals surface area contributed by atoms with Crippen molar-refractivity contribution >= 4 is 28.9 Å². The zero-order valence-corrected chi connectivity index (χ0v) is 12.4. The van der Waals surface area contributed by atoms with E-state index in [2.05, 4.69) is 10.6 Å². The fraction of sp³-hybridized carbons (Fsp3) is 0.467. The van der Waals surface area contributed by atoms with Gasteiger partial charge in [-0.1, -0.05) is 18.2 Å². The predicted molar refractivity (Wildman–Crippen MR) is 85.7 cm³/mol. The molecule has 2 N–H and O–H groups in total. The largest absolute Gasteiger partial charge is 0.362 e. The topological polar surface area (TPSA) is 44.4 Å². The molecule has 5 heteroatoms. The Hall–Kier alpha value is -1.62. The lowest BCUT2D eigenvalue weighted by molar-refractivity contribution is -0.131. The molecule has 0 bridgehead atoms. The summed E-state index contributed by atoms with van der Waals surface area (Å²) < 4.78 is 0. The number of carbonyl (C=O) groups is 1. The highest BCUT2D eigenvalue weighted by molar-refractivity contribution is 7.80. The third-order valence-electron chi connectivity index (χ3n) is 3.36. The van der Waals surface area contributed by atoms with Gasteiger partial charge in [0.15, 0.2) is 5.11 Å². The van der Waals surface area contributed by atoms with Crippen LogP contribution < -0.4 is 10.6 Å². The molecule has 0 saturated carbocycles. The molecule has 0 atom stereocenters. The van der Waals surface area contributed by atoms with Gasteiger partial charge in [0, 0.05) is 31.7 Å². The molecule has 20 heavy (non-hydrogen) atoms. The van der Waals surface area contributed by atoms with E-state index in [9.17, 15) is 4.79 Å². The van der Waals surface area contributed by atoms with Crippen LogP contribution in [0.15, 0.2) is 30.3 Å². The Morgan fingerprint density at radius 2 is 1.85 bits per heavy atom. The lowest BCUT2D eigenvalue weighted by Gasteiger charge is -2.26. The summed E-state index contributed by atoms with van der Waals surface area (Å²) in [5.74, 6) is 0.222. The lowest BCUT2D eigenvalue weighted by atomic mass is 10.1. The normalized spacial score (nSPS) is 14.7. The summed E-state index contributed by atoms with van der Waals surface area (Å²) in [7, 11) is 0. The van der Waals surface area contributed by atoms with E-state index in [4.69, 9.17) is 12.2 Å². The zero-order chi connectivity index (χ0) is 14.2. The SMILES string of the molecule is O=C(CCNC(=S)Nc1ccccc1)N1CCCCC1. The van der Waals surface area contributed by atoms with Crippen molar-refractivity contribution in [3.63, 3.8) is 0 Å². The maximum Gasteiger partial charge on any atom is 0.224 e. The number of thiocarbonyl (C=S) groups is 1. The summed E-state index contributed by atoms with van der Waals surface area (Å²) in [4.78, 5) is 13.9. The van der Waals surface area contributed by atoms with Crippen LogP contribution in [0.3, 0.4) is 0 Å². The van der Waals surface area contributed by atoms with Crippen molar-refractivity contribution in [3.05, 3.63) is 30.3 Å². The average molecular weight is 291 g/mol. The van der Waals surface area contributed by atoms with Crippen LogP contribution in [-0.4, -0.2) is 35.6 Å². The van der Waals surface area contributed by atoms with Gasteiger partial charge in [-0.2, -0.15) is 0 Å². The van der Waals surface area contributed by atoms with Crippen LogP contribution in [0.5, 0.6) is 0 Å². The molecule has 1 heterocycles. The molecule has 1 fully saturated rings. The first-order valence-corrected chi connectivity index (χ1v) is 7.54. The zero-order valence-electron chi connectivity index (χ0n) is 11.6. The van der Waals surface area contributed by atoms with Gasteiger partial charge in [-0.05, 0) is 43.6 Å². The van der Waals surface area contributed by atoms with Gasteiger partial charge in [0.2, 0.25) is 5.91 Å². The van der Waals surface area contributed by atoms with Gasteiger partial charge in [0.1, 0.15) is 0 Å². The fourth-order valence-corrected chi connectivity index (χ4v) is 2.50. The maximum absolute atomic E-state index is 12.0. The van der Waals surface area contributed by atoms with Gasteiger partial charge in [-0.3, -0.25) is 4.79 Å². The van der Waals surface area contributed by atoms with E-state index in [1.165, 1.54) is 6.42 Å². The number of hydrogen-bond donors (Lipinski definition) is 2. The molecule has 0 aromatic heterocycles. The van der Waals surface area contributed by atoms with Crippen LogP contribution >= 0.6 is 12.2 Å². The monoisotopic (exact) mass is 291 g/mol. The second-order valence-corrected chi connectivity index (χ2v) is 5.35. The molecule has 1 aliphatic rings. The highest BCUT2D eigenvalue weighted by Crippen LogP contribution is 2.09. The molecule has 1 aromatic rings. The van der Waals surface area contributed by atoms with Gasteiger partial charge in [-0.15, -0.1) is 0 Å². The second kappa shape index (κ2) is 7.85. The number of piperidine rings is 1. The van der Waals surface area contributed by atoms with Crippen LogP contribution in [0, 0.1) is 0 Å². The molecule has 1 amide bonds. The van der Waals surface area contributed by atoms with Gasteiger partial charge < -0.3 is 15.5 Å². The second-order valence-electron chi connectivity index (χ2n) is 4.94. The predicted octanol–water partition coefficient (Wildman–Crippen LogP) is 2.38. The molecule has 1 aromatic carbocycles. The lowest BCUT2D eigenvalue weighted by Crippen LogP contribution is -2.38.